The summed E-state index contributed by atoms with van der Waals surface area (Å²) in [6, 6.07) is 0.427. The second-order valence-electron chi connectivity index (χ2n) is 3.04. The van der Waals surface area contributed by atoms with Crippen molar-refractivity contribution in [3.63, 3.8) is 0 Å². The molecule has 0 heterocycles. The van der Waals surface area contributed by atoms with E-state index in [2.05, 4.69) is 24.1 Å². The Morgan fingerprint density at radius 3 is 2.54 bits per heavy atom. The van der Waals surface area contributed by atoms with Crippen molar-refractivity contribution in [1.29, 1.82) is 0 Å². The summed E-state index contributed by atoms with van der Waals surface area (Å²) in [7, 11) is 3.75. The van der Waals surface area contributed by atoms with E-state index in [1.807, 2.05) is 14.0 Å². The van der Waals surface area contributed by atoms with Gasteiger partial charge in [0.2, 0.25) is 0 Å². The molecule has 1 N–H and O–H groups in total. The highest BCUT2D eigenvalue weighted by Gasteiger charge is 2.16. The minimum atomic E-state index is 0.309. The van der Waals surface area contributed by atoms with Crippen LogP contribution in [0.5, 0.6) is 0 Å². The third-order valence-electron chi connectivity index (χ3n) is 2.28. The first-order valence-electron chi connectivity index (χ1n) is 4.89. The average Bonchev–Trinajstić information content (AvgIpc) is 2.17. The molecule has 0 aliphatic rings. The molecule has 0 aromatic carbocycles. The molecule has 0 rings (SSSR count). The van der Waals surface area contributed by atoms with E-state index in [4.69, 9.17) is 4.74 Å². The van der Waals surface area contributed by atoms with Crippen LogP contribution in [0.25, 0.3) is 0 Å². The molecule has 0 saturated carbocycles. The van der Waals surface area contributed by atoms with Crippen LogP contribution in [-0.4, -0.2) is 26.3 Å². The fourth-order valence-corrected chi connectivity index (χ4v) is 1.48. The lowest BCUT2D eigenvalue weighted by atomic mass is 10.0. The van der Waals surface area contributed by atoms with Gasteiger partial charge in [0.1, 0.15) is 0 Å². The smallest absolute Gasteiger partial charge is 0.0721 e. The van der Waals surface area contributed by atoms with Crippen molar-refractivity contribution in [3.05, 3.63) is 0 Å². The molecule has 76 valence electrons. The van der Waals surface area contributed by atoms with Gasteiger partial charge in [-0.1, -0.05) is 6.92 Å². The fourth-order valence-electron chi connectivity index (χ4n) is 1.48. The largest absolute Gasteiger partial charge is 0.380 e. The van der Waals surface area contributed by atoms with Gasteiger partial charge in [-0.3, -0.25) is 0 Å². The minimum Gasteiger partial charge on any atom is -0.380 e. The van der Waals surface area contributed by atoms with Gasteiger partial charge in [-0.25, -0.2) is 0 Å². The van der Waals surface area contributed by atoms with Crippen LogP contribution in [0.15, 0.2) is 0 Å². The maximum absolute atomic E-state index is 5.37. The monoisotopic (exact) mass is 183 g/mol. The number of hydrogen-bond donors (Lipinski definition) is 1. The van der Waals surface area contributed by atoms with Crippen molar-refractivity contribution in [2.45, 2.75) is 45.3 Å². The fraction of sp³-hybridized carbons (Fsp3) is 0.818. The zero-order chi connectivity index (χ0) is 10.1. The highest BCUT2D eigenvalue weighted by Crippen LogP contribution is 2.08. The molecule has 0 spiro atoms. The predicted octanol–water partition coefficient (Wildman–Crippen LogP) is 1.80. The minimum absolute atomic E-state index is 0.309. The summed E-state index contributed by atoms with van der Waals surface area (Å²) in [5.41, 5.74) is 0. The maximum Gasteiger partial charge on any atom is 0.0721 e. The van der Waals surface area contributed by atoms with E-state index in [1.54, 1.807) is 7.11 Å². The molecule has 0 aromatic rings. The molecular weight excluding hydrogens is 162 g/mol. The summed E-state index contributed by atoms with van der Waals surface area (Å²) in [6.07, 6.45) is 3.36. The van der Waals surface area contributed by atoms with Crippen molar-refractivity contribution >= 4 is 0 Å². The van der Waals surface area contributed by atoms with Gasteiger partial charge in [0, 0.05) is 19.6 Å². The van der Waals surface area contributed by atoms with E-state index in [1.165, 1.54) is 0 Å². The van der Waals surface area contributed by atoms with Gasteiger partial charge < -0.3 is 10.1 Å². The van der Waals surface area contributed by atoms with Gasteiger partial charge in [0.05, 0.1) is 6.10 Å². The Labute approximate surface area is 82.1 Å². The van der Waals surface area contributed by atoms with Gasteiger partial charge >= 0.3 is 0 Å². The maximum atomic E-state index is 5.37. The van der Waals surface area contributed by atoms with Crippen LogP contribution in [0, 0.1) is 11.8 Å². The van der Waals surface area contributed by atoms with Crippen molar-refractivity contribution in [2.24, 2.45) is 0 Å². The zero-order valence-electron chi connectivity index (χ0n) is 9.18. The summed E-state index contributed by atoms with van der Waals surface area (Å²) < 4.78 is 5.37. The van der Waals surface area contributed by atoms with Crippen LogP contribution in [0.1, 0.15) is 33.1 Å². The molecule has 0 amide bonds. The molecule has 0 saturated heterocycles. The molecule has 0 bridgehead atoms. The molecule has 2 atom stereocenters. The van der Waals surface area contributed by atoms with Crippen molar-refractivity contribution in [2.75, 3.05) is 14.2 Å². The normalized spacial score (nSPS) is 14.5. The first kappa shape index (κ1) is 12.5. The molecule has 0 aliphatic carbocycles. The lowest BCUT2D eigenvalue weighted by molar-refractivity contribution is 0.0655. The van der Waals surface area contributed by atoms with Crippen LogP contribution in [0.2, 0.25) is 0 Å². The number of methoxy groups -OCH3 is 1. The molecule has 13 heavy (non-hydrogen) atoms. The zero-order valence-corrected chi connectivity index (χ0v) is 9.18. The quantitative estimate of drug-likeness (QED) is 0.634. The molecule has 2 nitrogen and oxygen atoms in total. The highest BCUT2D eigenvalue weighted by atomic mass is 16.5. The lowest BCUT2D eigenvalue weighted by Gasteiger charge is -2.23. The van der Waals surface area contributed by atoms with Crippen molar-refractivity contribution in [1.82, 2.24) is 5.32 Å². The molecule has 0 fully saturated rings. The SMILES string of the molecule is CC#CCCC(NC)C(CC)OC. The van der Waals surface area contributed by atoms with Gasteiger partial charge in [-0.15, -0.1) is 11.8 Å². The van der Waals surface area contributed by atoms with Crippen LogP contribution in [-0.2, 0) is 4.74 Å². The molecular formula is C11H21NO. The third kappa shape index (κ3) is 4.92. The van der Waals surface area contributed by atoms with Crippen LogP contribution < -0.4 is 5.32 Å². The summed E-state index contributed by atoms with van der Waals surface area (Å²) in [4.78, 5) is 0. The Morgan fingerprint density at radius 1 is 1.46 bits per heavy atom. The molecule has 0 radical (unpaired) electrons. The predicted molar refractivity (Wildman–Crippen MR) is 56.6 cm³/mol. The van der Waals surface area contributed by atoms with Gasteiger partial charge in [-0.2, -0.15) is 0 Å². The van der Waals surface area contributed by atoms with Gasteiger partial charge in [-0.05, 0) is 26.8 Å². The second kappa shape index (κ2) is 8.10. The number of ether oxygens (including phenoxy) is 1. The molecule has 2 heteroatoms. The van der Waals surface area contributed by atoms with Crippen LogP contribution in [0.4, 0.5) is 0 Å². The Balaban J connectivity index is 3.89. The first-order valence-corrected chi connectivity index (χ1v) is 4.89. The summed E-state index contributed by atoms with van der Waals surface area (Å²) in [5.74, 6) is 5.97. The first-order chi connectivity index (χ1) is 6.29. The van der Waals surface area contributed by atoms with E-state index in [0.717, 1.165) is 19.3 Å². The molecule has 0 aliphatic heterocycles. The van der Waals surface area contributed by atoms with E-state index >= 15 is 0 Å². The number of rotatable bonds is 6. The molecule has 0 aromatic heterocycles. The van der Waals surface area contributed by atoms with Crippen molar-refractivity contribution < 1.29 is 4.74 Å². The Kier molecular flexibility index (Phi) is 7.77. The lowest BCUT2D eigenvalue weighted by Crippen LogP contribution is -2.38. The van der Waals surface area contributed by atoms with Gasteiger partial charge in [0.15, 0.2) is 0 Å². The van der Waals surface area contributed by atoms with E-state index in [9.17, 15) is 0 Å². The third-order valence-corrected chi connectivity index (χ3v) is 2.28. The Morgan fingerprint density at radius 2 is 2.15 bits per heavy atom. The molecule has 2 unspecified atom stereocenters. The number of hydrogen-bond acceptors (Lipinski definition) is 2. The highest BCUT2D eigenvalue weighted by molar-refractivity contribution is 4.96. The average molecular weight is 183 g/mol. The van der Waals surface area contributed by atoms with Crippen LogP contribution in [0.3, 0.4) is 0 Å². The second-order valence-corrected chi connectivity index (χ2v) is 3.04. The topological polar surface area (TPSA) is 21.3 Å². The van der Waals surface area contributed by atoms with E-state index in [0.29, 0.717) is 12.1 Å². The standard InChI is InChI=1S/C11H21NO/c1-5-7-8-9-10(12-3)11(6-2)13-4/h10-12H,6,8-9H2,1-4H3. The Bertz CT molecular complexity index is 165. The summed E-state index contributed by atoms with van der Waals surface area (Å²) in [5, 5.41) is 3.27. The van der Waals surface area contributed by atoms with Crippen LogP contribution >= 0.6 is 0 Å². The summed E-state index contributed by atoms with van der Waals surface area (Å²) >= 11 is 0. The van der Waals surface area contributed by atoms with E-state index < -0.39 is 0 Å². The Hall–Kier alpha value is -0.520. The van der Waals surface area contributed by atoms with Gasteiger partial charge in [0.25, 0.3) is 0 Å². The van der Waals surface area contributed by atoms with E-state index in [-0.39, 0.29) is 0 Å². The number of likely N-dealkylation sites (N-methyl/N-ethyl adjacent to an activating group) is 1. The van der Waals surface area contributed by atoms with Crippen molar-refractivity contribution in [3.8, 4) is 11.8 Å². The summed E-state index contributed by atoms with van der Waals surface area (Å²) in [6.45, 7) is 4.02. The number of nitrogens with one attached hydrogen (secondary N) is 1.